The van der Waals surface area contributed by atoms with Crippen molar-refractivity contribution in [2.75, 3.05) is 6.54 Å². The Morgan fingerprint density at radius 3 is 2.43 bits per heavy atom. The first-order chi connectivity index (χ1) is 9.87. The molecule has 1 aromatic carbocycles. The van der Waals surface area contributed by atoms with Crippen LogP contribution in [-0.4, -0.2) is 34.7 Å². The summed E-state index contributed by atoms with van der Waals surface area (Å²) >= 11 is 0. The minimum absolute atomic E-state index is 0.0184. The molecule has 6 heteroatoms. The summed E-state index contributed by atoms with van der Waals surface area (Å²) in [5, 5.41) is 2.63. The lowest BCUT2D eigenvalue weighted by atomic mass is 9.99. The van der Waals surface area contributed by atoms with Crippen LogP contribution in [0.2, 0.25) is 0 Å². The van der Waals surface area contributed by atoms with Crippen molar-refractivity contribution in [1.82, 2.24) is 10.2 Å². The van der Waals surface area contributed by atoms with Gasteiger partial charge in [-0.1, -0.05) is 6.92 Å². The lowest BCUT2D eigenvalue weighted by Crippen LogP contribution is -2.43. The summed E-state index contributed by atoms with van der Waals surface area (Å²) in [6, 6.07) is 4.71. The van der Waals surface area contributed by atoms with E-state index in [-0.39, 0.29) is 24.7 Å². The molecule has 2 rings (SSSR count). The smallest absolute Gasteiger partial charge is 0.323 e. The summed E-state index contributed by atoms with van der Waals surface area (Å²) in [4.78, 5) is 37.0. The fourth-order valence-corrected chi connectivity index (χ4v) is 2.18. The molecule has 1 aromatic rings. The third kappa shape index (κ3) is 2.94. The maximum Gasteiger partial charge on any atom is 0.325 e. The zero-order chi connectivity index (χ0) is 15.6. The lowest BCUT2D eigenvalue weighted by molar-refractivity contribution is -0.130. The second-order valence-corrected chi connectivity index (χ2v) is 5.25. The third-order valence-electron chi connectivity index (χ3n) is 3.78. The van der Waals surface area contributed by atoms with Crippen molar-refractivity contribution in [3.05, 3.63) is 35.6 Å². The minimum atomic E-state index is -0.893. The summed E-state index contributed by atoms with van der Waals surface area (Å²) in [6.07, 6.45) is 0.505. The van der Waals surface area contributed by atoms with Gasteiger partial charge in [0.05, 0.1) is 0 Å². The molecule has 1 saturated heterocycles. The van der Waals surface area contributed by atoms with Crippen molar-refractivity contribution in [3.8, 4) is 0 Å². The first-order valence-electron chi connectivity index (χ1n) is 6.80. The second-order valence-electron chi connectivity index (χ2n) is 5.25. The summed E-state index contributed by atoms with van der Waals surface area (Å²) in [7, 11) is 0. The Bertz CT molecular complexity index is 585. The van der Waals surface area contributed by atoms with Crippen LogP contribution in [-0.2, 0) is 4.79 Å². The van der Waals surface area contributed by atoms with Crippen LogP contribution in [0.4, 0.5) is 9.18 Å². The van der Waals surface area contributed by atoms with Crippen molar-refractivity contribution in [3.63, 3.8) is 0 Å². The summed E-state index contributed by atoms with van der Waals surface area (Å²) < 4.78 is 12.8. The predicted molar refractivity (Wildman–Crippen MR) is 74.3 cm³/mol. The van der Waals surface area contributed by atoms with Crippen LogP contribution < -0.4 is 5.32 Å². The number of hydrogen-bond acceptors (Lipinski definition) is 3. The Morgan fingerprint density at radius 2 is 1.90 bits per heavy atom. The van der Waals surface area contributed by atoms with E-state index in [1.165, 1.54) is 24.3 Å². The SMILES string of the molecule is CCC1(C)NC(=O)N(CCC(=O)c2ccc(F)cc2)C1=O. The molecule has 0 saturated carbocycles. The topological polar surface area (TPSA) is 66.5 Å². The number of Topliss-reactive ketones (excluding diaryl/α,β-unsaturated/α-hetero) is 1. The van der Waals surface area contributed by atoms with E-state index in [1.54, 1.807) is 6.92 Å². The van der Waals surface area contributed by atoms with Gasteiger partial charge in [0.1, 0.15) is 11.4 Å². The van der Waals surface area contributed by atoms with Gasteiger partial charge in [0.2, 0.25) is 0 Å². The number of halogens is 1. The molecule has 0 aromatic heterocycles. The van der Waals surface area contributed by atoms with Gasteiger partial charge < -0.3 is 5.32 Å². The fraction of sp³-hybridized carbons (Fsp3) is 0.400. The van der Waals surface area contributed by atoms with Crippen LogP contribution in [0.1, 0.15) is 37.0 Å². The molecule has 0 radical (unpaired) electrons. The monoisotopic (exact) mass is 292 g/mol. The number of urea groups is 1. The average Bonchev–Trinajstić information content (AvgIpc) is 2.68. The van der Waals surface area contributed by atoms with Crippen LogP contribution in [0, 0.1) is 5.82 Å². The van der Waals surface area contributed by atoms with Crippen LogP contribution >= 0.6 is 0 Å². The number of nitrogens with zero attached hydrogens (tertiary/aromatic N) is 1. The Hall–Kier alpha value is -2.24. The van der Waals surface area contributed by atoms with Crippen molar-refractivity contribution in [2.24, 2.45) is 0 Å². The maximum absolute atomic E-state index is 12.8. The molecular weight excluding hydrogens is 275 g/mol. The number of benzene rings is 1. The van der Waals surface area contributed by atoms with E-state index >= 15 is 0 Å². The van der Waals surface area contributed by atoms with Crippen molar-refractivity contribution < 1.29 is 18.8 Å². The molecule has 1 aliphatic rings. The molecule has 1 unspecified atom stereocenters. The van der Waals surface area contributed by atoms with Gasteiger partial charge in [0.15, 0.2) is 5.78 Å². The molecule has 1 heterocycles. The first kappa shape index (κ1) is 15.2. The molecular formula is C15H17FN2O3. The van der Waals surface area contributed by atoms with E-state index in [4.69, 9.17) is 0 Å². The predicted octanol–water partition coefficient (Wildman–Crippen LogP) is 2.12. The largest absolute Gasteiger partial charge is 0.325 e. The highest BCUT2D eigenvalue weighted by Crippen LogP contribution is 2.21. The average molecular weight is 292 g/mol. The standard InChI is InChI=1S/C15H17FN2O3/c1-3-15(2)13(20)18(14(21)17-15)9-8-12(19)10-4-6-11(16)7-5-10/h4-7H,3,8-9H2,1-2H3,(H,17,21). The Balaban J connectivity index is 2.00. The quantitative estimate of drug-likeness (QED) is 0.667. The van der Waals surface area contributed by atoms with E-state index in [1.807, 2.05) is 6.92 Å². The molecule has 1 N–H and O–H groups in total. The normalized spacial score (nSPS) is 21.6. The number of hydrogen-bond donors (Lipinski definition) is 1. The Kier molecular flexibility index (Phi) is 4.06. The Morgan fingerprint density at radius 1 is 1.29 bits per heavy atom. The van der Waals surface area contributed by atoms with Gasteiger partial charge >= 0.3 is 6.03 Å². The highest BCUT2D eigenvalue weighted by atomic mass is 19.1. The Labute approximate surface area is 122 Å². The minimum Gasteiger partial charge on any atom is -0.323 e. The van der Waals surface area contributed by atoms with Crippen molar-refractivity contribution >= 4 is 17.7 Å². The molecule has 21 heavy (non-hydrogen) atoms. The van der Waals surface area contributed by atoms with Gasteiger partial charge in [-0.15, -0.1) is 0 Å². The molecule has 3 amide bonds. The number of ketones is 1. The van der Waals surface area contributed by atoms with Crippen LogP contribution in [0.5, 0.6) is 0 Å². The van der Waals surface area contributed by atoms with Gasteiger partial charge in [-0.25, -0.2) is 9.18 Å². The zero-order valence-electron chi connectivity index (χ0n) is 12.0. The van der Waals surface area contributed by atoms with Crippen LogP contribution in [0.3, 0.4) is 0 Å². The molecule has 0 bridgehead atoms. The van der Waals surface area contributed by atoms with E-state index in [0.29, 0.717) is 12.0 Å². The summed E-state index contributed by atoms with van der Waals surface area (Å²) in [5.41, 5.74) is -0.530. The summed E-state index contributed by atoms with van der Waals surface area (Å²) in [5.74, 6) is -0.970. The number of carbonyl (C=O) groups excluding carboxylic acids is 3. The number of imide groups is 1. The van der Waals surface area contributed by atoms with Gasteiger partial charge in [0.25, 0.3) is 5.91 Å². The second kappa shape index (κ2) is 5.63. The van der Waals surface area contributed by atoms with Gasteiger partial charge in [-0.05, 0) is 37.6 Å². The zero-order valence-corrected chi connectivity index (χ0v) is 12.0. The molecule has 0 spiro atoms. The lowest BCUT2D eigenvalue weighted by Gasteiger charge is -2.19. The molecule has 1 fully saturated rings. The highest BCUT2D eigenvalue weighted by molar-refractivity contribution is 6.07. The molecule has 112 valence electrons. The molecule has 1 atom stereocenters. The number of nitrogens with one attached hydrogen (secondary N) is 1. The van der Waals surface area contributed by atoms with Gasteiger partial charge in [-0.3, -0.25) is 14.5 Å². The van der Waals surface area contributed by atoms with E-state index < -0.39 is 17.4 Å². The number of carbonyl (C=O) groups is 3. The number of rotatable bonds is 5. The van der Waals surface area contributed by atoms with Crippen molar-refractivity contribution in [2.45, 2.75) is 32.2 Å². The molecule has 1 aliphatic heterocycles. The maximum atomic E-state index is 12.8. The van der Waals surface area contributed by atoms with Gasteiger partial charge in [-0.2, -0.15) is 0 Å². The molecule has 5 nitrogen and oxygen atoms in total. The van der Waals surface area contributed by atoms with Crippen LogP contribution in [0.15, 0.2) is 24.3 Å². The third-order valence-corrected chi connectivity index (χ3v) is 3.78. The van der Waals surface area contributed by atoms with Gasteiger partial charge in [0, 0.05) is 18.5 Å². The summed E-state index contributed by atoms with van der Waals surface area (Å²) in [6.45, 7) is 3.50. The molecule has 0 aliphatic carbocycles. The van der Waals surface area contributed by atoms with E-state index in [9.17, 15) is 18.8 Å². The van der Waals surface area contributed by atoms with Crippen LogP contribution in [0.25, 0.3) is 0 Å². The highest BCUT2D eigenvalue weighted by Gasteiger charge is 2.46. The van der Waals surface area contributed by atoms with Crippen molar-refractivity contribution in [1.29, 1.82) is 0 Å². The fourth-order valence-electron chi connectivity index (χ4n) is 2.18. The van der Waals surface area contributed by atoms with E-state index in [0.717, 1.165) is 4.90 Å². The first-order valence-corrected chi connectivity index (χ1v) is 6.80. The van der Waals surface area contributed by atoms with E-state index in [2.05, 4.69) is 5.32 Å². The number of amides is 3.